The fourth-order valence-corrected chi connectivity index (χ4v) is 3.75. The predicted molar refractivity (Wildman–Crippen MR) is 115 cm³/mol. The Balaban J connectivity index is 1.66. The van der Waals surface area contributed by atoms with Gasteiger partial charge in [-0.2, -0.15) is 0 Å². The Morgan fingerprint density at radius 3 is 2.87 bits per heavy atom. The topological polar surface area (TPSA) is 91.0 Å². The highest BCUT2D eigenvalue weighted by Crippen LogP contribution is 2.32. The third-order valence-corrected chi connectivity index (χ3v) is 5.68. The van der Waals surface area contributed by atoms with Crippen LogP contribution < -0.4 is 15.8 Å². The van der Waals surface area contributed by atoms with Gasteiger partial charge in [-0.1, -0.05) is 11.6 Å². The Hall–Kier alpha value is -3.07. The van der Waals surface area contributed by atoms with Crippen LogP contribution in [-0.2, 0) is 0 Å². The number of H-pyrrole nitrogens is 1. The van der Waals surface area contributed by atoms with E-state index in [0.717, 1.165) is 0 Å². The Morgan fingerprint density at radius 1 is 1.26 bits per heavy atom. The number of alkyl halides is 2. The molecule has 1 aliphatic heterocycles. The van der Waals surface area contributed by atoms with Crippen LogP contribution in [0.3, 0.4) is 0 Å². The van der Waals surface area contributed by atoms with Gasteiger partial charge in [-0.25, -0.2) is 18.7 Å². The molecule has 1 aliphatic rings. The van der Waals surface area contributed by atoms with Crippen LogP contribution in [0.15, 0.2) is 35.4 Å². The molecule has 0 aliphatic carbocycles. The van der Waals surface area contributed by atoms with Crippen molar-refractivity contribution in [3.8, 4) is 0 Å². The third kappa shape index (κ3) is 4.51. The Morgan fingerprint density at radius 2 is 2.06 bits per heavy atom. The number of anilines is 2. The lowest BCUT2D eigenvalue weighted by Gasteiger charge is -2.24. The zero-order valence-corrected chi connectivity index (χ0v) is 17.5. The predicted octanol–water partition coefficient (Wildman–Crippen LogP) is 4.16. The first kappa shape index (κ1) is 21.2. The zero-order valence-electron chi connectivity index (χ0n) is 16.7. The molecule has 31 heavy (non-hydrogen) atoms. The molecule has 1 saturated heterocycles. The molecule has 2 N–H and O–H groups in total. The van der Waals surface area contributed by atoms with Crippen LogP contribution in [0.5, 0.6) is 0 Å². The maximum absolute atomic E-state index is 13.8. The minimum atomic E-state index is -2.73. The average Bonchev–Trinajstić information content (AvgIpc) is 2.90. The molecule has 1 amide bonds. The van der Waals surface area contributed by atoms with Gasteiger partial charge in [-0.15, -0.1) is 0 Å². The molecule has 0 saturated carbocycles. The number of amides is 1. The van der Waals surface area contributed by atoms with Crippen LogP contribution in [0.1, 0.15) is 35.3 Å². The number of halogens is 3. The van der Waals surface area contributed by atoms with Gasteiger partial charge in [0.25, 0.3) is 11.5 Å². The van der Waals surface area contributed by atoms with E-state index in [9.17, 15) is 18.4 Å². The standard InChI is InChI=1S/C21H20ClF2N5O2/c1-12-16(22)10-15(18(27-12)29-7-2-5-21(23,24)6-8-29)20(31)28-13-3-4-14-17(9-13)25-11-26-19(14)30/h3-4,9-11H,2,5-8H2,1H3,(H,28,31)(H,25,26,30). The van der Waals surface area contributed by atoms with E-state index in [2.05, 4.69) is 20.3 Å². The highest BCUT2D eigenvalue weighted by Gasteiger charge is 2.33. The summed E-state index contributed by atoms with van der Waals surface area (Å²) in [5.41, 5.74) is 1.29. The highest BCUT2D eigenvalue weighted by molar-refractivity contribution is 6.31. The van der Waals surface area contributed by atoms with Crippen LogP contribution in [0, 0.1) is 6.92 Å². The largest absolute Gasteiger partial charge is 0.356 e. The number of benzene rings is 1. The second-order valence-corrected chi connectivity index (χ2v) is 7.95. The minimum absolute atomic E-state index is 0.0873. The lowest BCUT2D eigenvalue weighted by molar-refractivity contribution is -0.0102. The number of nitrogens with zero attached hydrogens (tertiary/aromatic N) is 3. The average molecular weight is 448 g/mol. The molecular weight excluding hydrogens is 428 g/mol. The zero-order chi connectivity index (χ0) is 22.2. The van der Waals surface area contributed by atoms with Crippen LogP contribution in [0.25, 0.3) is 10.9 Å². The molecule has 3 aromatic rings. The van der Waals surface area contributed by atoms with E-state index in [1.165, 1.54) is 12.4 Å². The molecule has 162 valence electrons. The van der Waals surface area contributed by atoms with Gasteiger partial charge in [0.2, 0.25) is 5.92 Å². The third-order valence-electron chi connectivity index (χ3n) is 5.29. The minimum Gasteiger partial charge on any atom is -0.356 e. The van der Waals surface area contributed by atoms with Crippen LogP contribution in [-0.4, -0.2) is 39.9 Å². The summed E-state index contributed by atoms with van der Waals surface area (Å²) in [4.78, 5) is 37.7. The number of carbonyl (C=O) groups is 1. The monoisotopic (exact) mass is 447 g/mol. The van der Waals surface area contributed by atoms with Gasteiger partial charge in [0.15, 0.2) is 0 Å². The van der Waals surface area contributed by atoms with Crippen molar-refractivity contribution in [1.82, 2.24) is 15.0 Å². The summed E-state index contributed by atoms with van der Waals surface area (Å²) in [5, 5.41) is 3.46. The molecule has 7 nitrogen and oxygen atoms in total. The van der Waals surface area contributed by atoms with Crippen LogP contribution >= 0.6 is 11.6 Å². The molecule has 0 bridgehead atoms. The number of aromatic nitrogens is 3. The fraction of sp³-hybridized carbons (Fsp3) is 0.333. The van der Waals surface area contributed by atoms with Crippen molar-refractivity contribution in [2.75, 3.05) is 23.3 Å². The first-order valence-electron chi connectivity index (χ1n) is 9.82. The van der Waals surface area contributed by atoms with Crippen molar-refractivity contribution >= 4 is 39.9 Å². The summed E-state index contributed by atoms with van der Waals surface area (Å²) < 4.78 is 27.6. The quantitative estimate of drug-likeness (QED) is 0.629. The number of hydrogen-bond donors (Lipinski definition) is 2. The van der Waals surface area contributed by atoms with E-state index in [1.54, 1.807) is 30.0 Å². The molecular formula is C21H20ClF2N5O2. The number of rotatable bonds is 3. The van der Waals surface area contributed by atoms with Gasteiger partial charge < -0.3 is 15.2 Å². The summed E-state index contributed by atoms with van der Waals surface area (Å²) in [6.07, 6.45) is 1.08. The highest BCUT2D eigenvalue weighted by atomic mass is 35.5. The summed E-state index contributed by atoms with van der Waals surface area (Å²) in [6, 6.07) is 6.24. The van der Waals surface area contributed by atoms with Crippen LogP contribution in [0.4, 0.5) is 20.3 Å². The SMILES string of the molecule is Cc1nc(N2CCCC(F)(F)CC2)c(C(=O)Nc2ccc3c(=O)[nH]cnc3c2)cc1Cl. The molecule has 1 fully saturated rings. The van der Waals surface area contributed by atoms with Gasteiger partial charge >= 0.3 is 0 Å². The fourth-order valence-electron chi connectivity index (χ4n) is 3.60. The van der Waals surface area contributed by atoms with Gasteiger partial charge in [-0.05, 0) is 37.6 Å². The maximum atomic E-state index is 13.8. The molecule has 0 unspecified atom stereocenters. The van der Waals surface area contributed by atoms with E-state index in [-0.39, 0.29) is 30.5 Å². The van der Waals surface area contributed by atoms with E-state index >= 15 is 0 Å². The summed E-state index contributed by atoms with van der Waals surface area (Å²) in [5.74, 6) is -2.88. The van der Waals surface area contributed by atoms with Gasteiger partial charge in [0.05, 0.1) is 33.5 Å². The summed E-state index contributed by atoms with van der Waals surface area (Å²) in [7, 11) is 0. The Kier molecular flexibility index (Phi) is 5.62. The lowest BCUT2D eigenvalue weighted by atomic mass is 10.1. The van der Waals surface area contributed by atoms with E-state index in [4.69, 9.17) is 11.6 Å². The second-order valence-electron chi connectivity index (χ2n) is 7.54. The number of pyridine rings is 1. The first-order valence-corrected chi connectivity index (χ1v) is 10.2. The normalized spacial score (nSPS) is 16.2. The van der Waals surface area contributed by atoms with Crippen LogP contribution in [0.2, 0.25) is 5.02 Å². The summed E-state index contributed by atoms with van der Waals surface area (Å²) >= 11 is 6.22. The molecule has 3 heterocycles. The number of aromatic amines is 1. The second kappa shape index (κ2) is 8.22. The Bertz CT molecular complexity index is 1210. The molecule has 10 heteroatoms. The number of carbonyl (C=O) groups excluding carboxylic acids is 1. The molecule has 4 rings (SSSR count). The van der Waals surface area contributed by atoms with Crippen molar-refractivity contribution in [3.63, 3.8) is 0 Å². The van der Waals surface area contributed by atoms with Crippen molar-refractivity contribution in [2.45, 2.75) is 32.1 Å². The summed E-state index contributed by atoms with van der Waals surface area (Å²) in [6.45, 7) is 2.16. The number of fused-ring (bicyclic) bond motifs is 1. The molecule has 0 atom stereocenters. The van der Waals surface area contributed by atoms with Gasteiger partial charge in [0, 0.05) is 31.6 Å². The van der Waals surface area contributed by atoms with Crippen molar-refractivity contribution in [3.05, 3.63) is 57.2 Å². The van der Waals surface area contributed by atoms with E-state index in [1.807, 2.05) is 0 Å². The van der Waals surface area contributed by atoms with Crippen molar-refractivity contribution in [2.24, 2.45) is 0 Å². The van der Waals surface area contributed by atoms with Crippen molar-refractivity contribution < 1.29 is 13.6 Å². The first-order chi connectivity index (χ1) is 14.7. The Labute approximate surface area is 181 Å². The van der Waals surface area contributed by atoms with Crippen molar-refractivity contribution in [1.29, 1.82) is 0 Å². The number of aryl methyl sites for hydroxylation is 1. The number of hydrogen-bond acceptors (Lipinski definition) is 5. The number of nitrogens with one attached hydrogen (secondary N) is 2. The molecule has 2 aromatic heterocycles. The maximum Gasteiger partial charge on any atom is 0.259 e. The molecule has 0 spiro atoms. The van der Waals surface area contributed by atoms with Gasteiger partial charge in [-0.3, -0.25) is 9.59 Å². The van der Waals surface area contributed by atoms with E-state index in [0.29, 0.717) is 46.1 Å². The van der Waals surface area contributed by atoms with E-state index < -0.39 is 11.8 Å². The smallest absolute Gasteiger partial charge is 0.259 e. The molecule has 1 aromatic carbocycles. The lowest BCUT2D eigenvalue weighted by Crippen LogP contribution is -2.29. The molecule has 0 radical (unpaired) electrons. The van der Waals surface area contributed by atoms with Gasteiger partial charge in [0.1, 0.15) is 5.82 Å².